The van der Waals surface area contributed by atoms with E-state index in [0.29, 0.717) is 5.95 Å². The summed E-state index contributed by atoms with van der Waals surface area (Å²) in [6.07, 6.45) is 3.90. The number of carbonyl (C=O) groups excluding carboxylic acids is 1. The summed E-state index contributed by atoms with van der Waals surface area (Å²) < 4.78 is 0. The lowest BCUT2D eigenvalue weighted by atomic mass is 10.2. The Morgan fingerprint density at radius 2 is 2.30 bits per heavy atom. The fourth-order valence-electron chi connectivity index (χ4n) is 2.07. The van der Waals surface area contributed by atoms with E-state index in [1.165, 1.54) is 6.20 Å². The van der Waals surface area contributed by atoms with Gasteiger partial charge in [-0.3, -0.25) is 4.79 Å². The lowest BCUT2D eigenvalue weighted by Crippen LogP contribution is -2.33. The van der Waals surface area contributed by atoms with Gasteiger partial charge in [-0.05, 0) is 19.8 Å². The molecule has 1 aliphatic heterocycles. The van der Waals surface area contributed by atoms with Crippen LogP contribution in [-0.4, -0.2) is 35.0 Å². The highest BCUT2D eigenvalue weighted by Crippen LogP contribution is 2.19. The van der Waals surface area contributed by atoms with Gasteiger partial charge in [0, 0.05) is 19.1 Å². The minimum absolute atomic E-state index is 0.161. The number of nitrogens with one attached hydrogen (secondary N) is 1. The molecule has 0 radical (unpaired) electrons. The smallest absolute Gasteiger partial charge is 0.271 e. The van der Waals surface area contributed by atoms with Gasteiger partial charge in [0.15, 0.2) is 5.69 Å². The van der Waals surface area contributed by atoms with Gasteiger partial charge in [-0.1, -0.05) is 11.6 Å². The highest BCUT2D eigenvalue weighted by atomic mass is 35.5. The summed E-state index contributed by atoms with van der Waals surface area (Å²) in [4.78, 5) is 22.6. The van der Waals surface area contributed by atoms with Gasteiger partial charge in [-0.25, -0.2) is 9.97 Å². The van der Waals surface area contributed by atoms with Crippen molar-refractivity contribution in [2.24, 2.45) is 0 Å². The Morgan fingerprint density at radius 1 is 1.60 bits per heavy atom. The Bertz CT molecular complexity index is 536. The second-order valence-corrected chi connectivity index (χ2v) is 5.20. The molecule has 0 unspecified atom stereocenters. The highest BCUT2D eigenvalue weighted by molar-refractivity contribution is 6.33. The Labute approximate surface area is 122 Å². The molecule has 1 fully saturated rings. The molecule has 0 bridgehead atoms. The Balaban J connectivity index is 2.15. The number of amides is 1. The summed E-state index contributed by atoms with van der Waals surface area (Å²) >= 11 is 5.99. The number of carbonyl (C=O) groups is 1. The van der Waals surface area contributed by atoms with Crippen LogP contribution < -0.4 is 10.2 Å². The summed E-state index contributed by atoms with van der Waals surface area (Å²) in [6.45, 7) is 3.55. The highest BCUT2D eigenvalue weighted by Gasteiger charge is 2.20. The lowest BCUT2D eigenvalue weighted by molar-refractivity contribution is 0.0936. The third-order valence-electron chi connectivity index (χ3n) is 3.11. The van der Waals surface area contributed by atoms with Crippen LogP contribution in [-0.2, 0) is 0 Å². The number of nitrogens with zero attached hydrogens (tertiary/aromatic N) is 4. The van der Waals surface area contributed by atoms with E-state index in [1.807, 2.05) is 11.0 Å². The SMILES string of the molecule is C[C@H](CC#N)NC(=O)c1nc(N2CCCC2)ncc1Cl. The predicted octanol–water partition coefficient (Wildman–Crippen LogP) is 1.76. The molecule has 1 aromatic rings. The fourth-order valence-corrected chi connectivity index (χ4v) is 2.24. The Morgan fingerprint density at radius 3 is 2.95 bits per heavy atom. The minimum atomic E-state index is -0.374. The summed E-state index contributed by atoms with van der Waals surface area (Å²) in [7, 11) is 0. The molecule has 20 heavy (non-hydrogen) atoms. The molecule has 1 saturated heterocycles. The third-order valence-corrected chi connectivity index (χ3v) is 3.39. The van der Waals surface area contributed by atoms with Crippen LogP contribution >= 0.6 is 11.6 Å². The number of hydrogen-bond acceptors (Lipinski definition) is 5. The van der Waals surface area contributed by atoms with Crippen molar-refractivity contribution >= 4 is 23.5 Å². The molecule has 1 amide bonds. The number of rotatable bonds is 4. The second-order valence-electron chi connectivity index (χ2n) is 4.80. The van der Waals surface area contributed by atoms with Gasteiger partial charge < -0.3 is 10.2 Å². The van der Waals surface area contributed by atoms with E-state index in [9.17, 15) is 4.79 Å². The summed E-state index contributed by atoms with van der Waals surface area (Å²) in [5.41, 5.74) is 0.161. The quantitative estimate of drug-likeness (QED) is 0.915. The van der Waals surface area contributed by atoms with Gasteiger partial charge in [0.1, 0.15) is 0 Å². The number of anilines is 1. The van der Waals surface area contributed by atoms with Gasteiger partial charge >= 0.3 is 0 Å². The minimum Gasteiger partial charge on any atom is -0.347 e. The Kier molecular flexibility index (Phi) is 4.74. The first-order valence-corrected chi connectivity index (χ1v) is 6.95. The molecule has 106 valence electrons. The van der Waals surface area contributed by atoms with Crippen molar-refractivity contribution < 1.29 is 4.79 Å². The maximum atomic E-state index is 12.1. The molecule has 2 heterocycles. The zero-order chi connectivity index (χ0) is 14.5. The van der Waals surface area contributed by atoms with E-state index in [1.54, 1.807) is 6.92 Å². The van der Waals surface area contributed by atoms with Crippen LogP contribution in [0, 0.1) is 11.3 Å². The van der Waals surface area contributed by atoms with E-state index in [-0.39, 0.29) is 29.1 Å². The lowest BCUT2D eigenvalue weighted by Gasteiger charge is -2.16. The van der Waals surface area contributed by atoms with Crippen LogP contribution in [0.5, 0.6) is 0 Å². The van der Waals surface area contributed by atoms with E-state index in [0.717, 1.165) is 25.9 Å². The average Bonchev–Trinajstić information content (AvgIpc) is 2.93. The largest absolute Gasteiger partial charge is 0.347 e. The van der Waals surface area contributed by atoms with Crippen LogP contribution in [0.2, 0.25) is 5.02 Å². The first-order valence-electron chi connectivity index (χ1n) is 6.57. The van der Waals surface area contributed by atoms with Gasteiger partial charge in [0.25, 0.3) is 5.91 Å². The van der Waals surface area contributed by atoms with Crippen molar-refractivity contribution in [1.82, 2.24) is 15.3 Å². The Hall–Kier alpha value is -1.87. The number of nitriles is 1. The molecular formula is C13H16ClN5O. The van der Waals surface area contributed by atoms with Crippen molar-refractivity contribution in [2.45, 2.75) is 32.2 Å². The van der Waals surface area contributed by atoms with E-state index in [4.69, 9.17) is 16.9 Å². The molecule has 1 aromatic heterocycles. The standard InChI is InChI=1S/C13H16ClN5O/c1-9(4-5-15)17-12(20)11-10(14)8-16-13(18-11)19-6-2-3-7-19/h8-9H,2-4,6-7H2,1H3,(H,17,20)/t9-/m1/s1. The monoisotopic (exact) mass is 293 g/mol. The zero-order valence-corrected chi connectivity index (χ0v) is 12.0. The number of aromatic nitrogens is 2. The summed E-state index contributed by atoms with van der Waals surface area (Å²) in [6, 6.07) is 1.76. The molecule has 0 aromatic carbocycles. The van der Waals surface area contributed by atoms with Crippen LogP contribution in [0.4, 0.5) is 5.95 Å². The van der Waals surface area contributed by atoms with Crippen molar-refractivity contribution in [3.05, 3.63) is 16.9 Å². The van der Waals surface area contributed by atoms with Crippen molar-refractivity contribution in [3.63, 3.8) is 0 Å². The van der Waals surface area contributed by atoms with Crippen LogP contribution in [0.25, 0.3) is 0 Å². The average molecular weight is 294 g/mol. The number of halogens is 1. The maximum absolute atomic E-state index is 12.1. The summed E-state index contributed by atoms with van der Waals surface area (Å²) in [5.74, 6) is 0.158. The molecule has 2 rings (SSSR count). The first kappa shape index (κ1) is 14.5. The van der Waals surface area contributed by atoms with Crippen molar-refractivity contribution in [2.75, 3.05) is 18.0 Å². The van der Waals surface area contributed by atoms with Gasteiger partial charge in [0.05, 0.1) is 23.7 Å². The molecule has 0 spiro atoms. The van der Waals surface area contributed by atoms with Gasteiger partial charge in [0.2, 0.25) is 5.95 Å². The normalized spacial score (nSPS) is 15.8. The molecule has 0 saturated carbocycles. The van der Waals surface area contributed by atoms with E-state index < -0.39 is 0 Å². The fraction of sp³-hybridized carbons (Fsp3) is 0.538. The maximum Gasteiger partial charge on any atom is 0.271 e. The van der Waals surface area contributed by atoms with Crippen LogP contribution in [0.1, 0.15) is 36.7 Å². The third kappa shape index (κ3) is 3.36. The van der Waals surface area contributed by atoms with Gasteiger partial charge in [-0.2, -0.15) is 5.26 Å². The molecule has 7 heteroatoms. The van der Waals surface area contributed by atoms with Crippen molar-refractivity contribution in [3.8, 4) is 6.07 Å². The molecular weight excluding hydrogens is 278 g/mol. The molecule has 1 N–H and O–H groups in total. The number of hydrogen-bond donors (Lipinski definition) is 1. The molecule has 6 nitrogen and oxygen atoms in total. The van der Waals surface area contributed by atoms with Crippen LogP contribution in [0.3, 0.4) is 0 Å². The van der Waals surface area contributed by atoms with Gasteiger partial charge in [-0.15, -0.1) is 0 Å². The molecule has 0 aliphatic carbocycles. The second kappa shape index (κ2) is 6.53. The predicted molar refractivity (Wildman–Crippen MR) is 75.6 cm³/mol. The zero-order valence-electron chi connectivity index (χ0n) is 11.3. The molecule has 1 aliphatic rings. The van der Waals surface area contributed by atoms with E-state index >= 15 is 0 Å². The first-order chi connectivity index (χ1) is 9.61. The van der Waals surface area contributed by atoms with E-state index in [2.05, 4.69) is 15.3 Å². The van der Waals surface area contributed by atoms with Crippen molar-refractivity contribution in [1.29, 1.82) is 5.26 Å². The molecule has 1 atom stereocenters. The van der Waals surface area contributed by atoms with Crippen LogP contribution in [0.15, 0.2) is 6.20 Å². The topological polar surface area (TPSA) is 81.9 Å². The summed E-state index contributed by atoms with van der Waals surface area (Å²) in [5, 5.41) is 11.5.